The molecule has 0 aliphatic carbocycles. The number of aliphatic hydroxyl groups excluding tert-OH is 1. The molecule has 0 saturated carbocycles. The summed E-state index contributed by atoms with van der Waals surface area (Å²) in [4.78, 5) is 24.1. The number of nitrogens with zero attached hydrogens (tertiary/aromatic N) is 2. The summed E-state index contributed by atoms with van der Waals surface area (Å²) in [5.41, 5.74) is 5.21. The summed E-state index contributed by atoms with van der Waals surface area (Å²) in [6, 6.07) is 0. The van der Waals surface area contributed by atoms with Crippen LogP contribution in [0.1, 0.15) is 19.8 Å². The molecule has 0 aromatic carbocycles. The molecule has 21 heavy (non-hydrogen) atoms. The predicted molar refractivity (Wildman–Crippen MR) is 81.6 cm³/mol. The zero-order valence-corrected chi connectivity index (χ0v) is 12.8. The average molecular weight is 300 g/mol. The van der Waals surface area contributed by atoms with Crippen molar-refractivity contribution in [1.29, 1.82) is 0 Å². The van der Waals surface area contributed by atoms with Crippen LogP contribution in [0.5, 0.6) is 0 Å². The molecule has 1 atom stereocenters. The van der Waals surface area contributed by atoms with Crippen molar-refractivity contribution < 1.29 is 9.84 Å². The summed E-state index contributed by atoms with van der Waals surface area (Å²) in [6.07, 6.45) is 0.520. The number of methoxy groups -OCH3 is 1. The number of anilines is 2. The van der Waals surface area contributed by atoms with Crippen molar-refractivity contribution in [3.8, 4) is 0 Å². The van der Waals surface area contributed by atoms with E-state index in [0.29, 0.717) is 19.5 Å². The van der Waals surface area contributed by atoms with Gasteiger partial charge in [-0.05, 0) is 12.8 Å². The third-order valence-electron chi connectivity index (χ3n) is 3.17. The van der Waals surface area contributed by atoms with E-state index in [1.165, 1.54) is 18.7 Å². The van der Waals surface area contributed by atoms with E-state index in [0.717, 1.165) is 11.0 Å². The first kappa shape index (κ1) is 17.3. The van der Waals surface area contributed by atoms with Crippen LogP contribution in [0.15, 0.2) is 9.59 Å². The lowest BCUT2D eigenvalue weighted by atomic mass is 10.2. The Morgan fingerprint density at radius 3 is 2.67 bits per heavy atom. The van der Waals surface area contributed by atoms with E-state index >= 15 is 0 Å². The third kappa shape index (κ3) is 4.08. The largest absolute Gasteiger partial charge is 0.391 e. The minimum absolute atomic E-state index is 0.131. The van der Waals surface area contributed by atoms with Gasteiger partial charge in [0.1, 0.15) is 11.5 Å². The molecular weight excluding hydrogens is 276 g/mol. The van der Waals surface area contributed by atoms with Crippen LogP contribution in [-0.2, 0) is 18.3 Å². The molecule has 0 aliphatic rings. The molecule has 8 heteroatoms. The maximum absolute atomic E-state index is 12.1. The highest BCUT2D eigenvalue weighted by atomic mass is 16.5. The average Bonchev–Trinajstić information content (AvgIpc) is 2.45. The predicted octanol–water partition coefficient (Wildman–Crippen LogP) is -0.651. The molecule has 0 radical (unpaired) electrons. The summed E-state index contributed by atoms with van der Waals surface area (Å²) in [6.45, 7) is 2.95. The van der Waals surface area contributed by atoms with Gasteiger partial charge in [-0.1, -0.05) is 6.92 Å². The van der Waals surface area contributed by atoms with Crippen molar-refractivity contribution in [2.45, 2.75) is 32.4 Å². The zero-order chi connectivity index (χ0) is 16.0. The second kappa shape index (κ2) is 7.84. The van der Waals surface area contributed by atoms with E-state index in [1.54, 1.807) is 0 Å². The molecule has 1 heterocycles. The highest BCUT2D eigenvalue weighted by molar-refractivity contribution is 5.60. The van der Waals surface area contributed by atoms with Gasteiger partial charge in [-0.15, -0.1) is 0 Å². The lowest BCUT2D eigenvalue weighted by molar-refractivity contribution is 0.0615. The first-order valence-corrected chi connectivity index (χ1v) is 6.94. The SMILES string of the molecule is CCCn1c(N)c(NCCC(O)COC)c(=O)n(C)c1=O. The number of aliphatic hydroxyl groups is 1. The van der Waals surface area contributed by atoms with Gasteiger partial charge in [0, 0.05) is 27.2 Å². The smallest absolute Gasteiger partial charge is 0.332 e. The van der Waals surface area contributed by atoms with E-state index in [1.807, 2.05) is 6.92 Å². The van der Waals surface area contributed by atoms with Crippen LogP contribution >= 0.6 is 0 Å². The van der Waals surface area contributed by atoms with Gasteiger partial charge in [0.2, 0.25) is 0 Å². The summed E-state index contributed by atoms with van der Waals surface area (Å²) in [5, 5.41) is 12.5. The molecule has 1 unspecified atom stereocenters. The van der Waals surface area contributed by atoms with Gasteiger partial charge in [-0.25, -0.2) is 4.79 Å². The van der Waals surface area contributed by atoms with E-state index in [-0.39, 0.29) is 18.1 Å². The number of nitrogens with two attached hydrogens (primary N) is 1. The molecule has 0 amide bonds. The van der Waals surface area contributed by atoms with Gasteiger partial charge in [0.25, 0.3) is 5.56 Å². The lowest BCUT2D eigenvalue weighted by Gasteiger charge is -2.16. The maximum atomic E-state index is 12.1. The summed E-state index contributed by atoms with van der Waals surface area (Å²) < 4.78 is 7.22. The fourth-order valence-electron chi connectivity index (χ4n) is 2.03. The first-order chi connectivity index (χ1) is 9.93. The van der Waals surface area contributed by atoms with Crippen molar-refractivity contribution in [2.75, 3.05) is 31.3 Å². The molecule has 1 rings (SSSR count). The molecule has 0 bridgehead atoms. The second-order valence-electron chi connectivity index (χ2n) is 4.88. The van der Waals surface area contributed by atoms with Gasteiger partial charge in [-0.2, -0.15) is 0 Å². The fraction of sp³-hybridized carbons (Fsp3) is 0.692. The highest BCUT2D eigenvalue weighted by Crippen LogP contribution is 2.11. The Kier molecular flexibility index (Phi) is 6.44. The van der Waals surface area contributed by atoms with Crippen molar-refractivity contribution in [1.82, 2.24) is 9.13 Å². The van der Waals surface area contributed by atoms with Crippen LogP contribution < -0.4 is 22.3 Å². The molecule has 1 aromatic heterocycles. The Morgan fingerprint density at radius 2 is 2.10 bits per heavy atom. The normalized spacial score (nSPS) is 12.4. The highest BCUT2D eigenvalue weighted by Gasteiger charge is 2.14. The molecule has 0 saturated heterocycles. The maximum Gasteiger partial charge on any atom is 0.332 e. The number of ether oxygens (including phenoxy) is 1. The minimum atomic E-state index is -0.617. The van der Waals surface area contributed by atoms with E-state index < -0.39 is 17.4 Å². The number of hydrogen-bond acceptors (Lipinski definition) is 6. The Hall–Kier alpha value is -1.80. The Morgan fingerprint density at radius 1 is 1.43 bits per heavy atom. The number of aromatic nitrogens is 2. The Balaban J connectivity index is 2.97. The van der Waals surface area contributed by atoms with Crippen LogP contribution in [-0.4, -0.2) is 40.6 Å². The lowest BCUT2D eigenvalue weighted by Crippen LogP contribution is -2.41. The van der Waals surface area contributed by atoms with Crippen LogP contribution in [0.3, 0.4) is 0 Å². The quantitative estimate of drug-likeness (QED) is 0.588. The van der Waals surface area contributed by atoms with Crippen molar-refractivity contribution in [3.05, 3.63) is 20.8 Å². The van der Waals surface area contributed by atoms with Gasteiger partial charge in [0.15, 0.2) is 0 Å². The van der Waals surface area contributed by atoms with E-state index in [9.17, 15) is 14.7 Å². The van der Waals surface area contributed by atoms with Crippen molar-refractivity contribution in [2.24, 2.45) is 7.05 Å². The summed E-state index contributed by atoms with van der Waals surface area (Å²) in [5.74, 6) is 0.131. The number of nitrogen functional groups attached to an aromatic ring is 1. The molecular formula is C13H24N4O4. The number of hydrogen-bond donors (Lipinski definition) is 3. The Bertz CT molecular complexity index is 579. The zero-order valence-electron chi connectivity index (χ0n) is 12.8. The first-order valence-electron chi connectivity index (χ1n) is 6.94. The third-order valence-corrected chi connectivity index (χ3v) is 3.17. The number of nitrogens with one attached hydrogen (secondary N) is 1. The number of rotatable bonds is 8. The monoisotopic (exact) mass is 300 g/mol. The van der Waals surface area contributed by atoms with Gasteiger partial charge < -0.3 is 20.9 Å². The van der Waals surface area contributed by atoms with Gasteiger partial charge in [-0.3, -0.25) is 13.9 Å². The molecule has 0 fully saturated rings. The van der Waals surface area contributed by atoms with Crippen LogP contribution in [0.25, 0.3) is 0 Å². The standard InChI is InChI=1S/C13H24N4O4/c1-4-7-17-11(14)10(12(19)16(2)13(17)20)15-6-5-9(18)8-21-3/h9,15,18H,4-8,14H2,1-3H3. The van der Waals surface area contributed by atoms with Crippen LogP contribution in [0, 0.1) is 0 Å². The van der Waals surface area contributed by atoms with E-state index in [2.05, 4.69) is 5.32 Å². The molecule has 1 aromatic rings. The van der Waals surface area contributed by atoms with Crippen LogP contribution in [0.4, 0.5) is 11.5 Å². The molecule has 0 spiro atoms. The molecule has 0 aliphatic heterocycles. The van der Waals surface area contributed by atoms with Crippen molar-refractivity contribution in [3.63, 3.8) is 0 Å². The van der Waals surface area contributed by atoms with Crippen molar-refractivity contribution >= 4 is 11.5 Å². The second-order valence-corrected chi connectivity index (χ2v) is 4.88. The Labute approximate surface area is 123 Å². The van der Waals surface area contributed by atoms with Crippen LogP contribution in [0.2, 0.25) is 0 Å². The summed E-state index contributed by atoms with van der Waals surface area (Å²) in [7, 11) is 2.92. The molecule has 4 N–H and O–H groups in total. The van der Waals surface area contributed by atoms with Gasteiger partial charge in [0.05, 0.1) is 12.7 Å². The fourth-order valence-corrected chi connectivity index (χ4v) is 2.03. The topological polar surface area (TPSA) is 112 Å². The van der Waals surface area contributed by atoms with Gasteiger partial charge >= 0.3 is 5.69 Å². The minimum Gasteiger partial charge on any atom is -0.391 e. The molecule has 8 nitrogen and oxygen atoms in total. The summed E-state index contributed by atoms with van der Waals surface area (Å²) >= 11 is 0. The van der Waals surface area contributed by atoms with E-state index in [4.69, 9.17) is 10.5 Å². The molecule has 120 valence electrons.